The molecular formula is C18H21N. The smallest absolute Gasteiger partial charge is 0.0237 e. The van der Waals surface area contributed by atoms with Crippen molar-refractivity contribution in [3.8, 4) is 0 Å². The maximum Gasteiger partial charge on any atom is 0.0237 e. The summed E-state index contributed by atoms with van der Waals surface area (Å²) >= 11 is 0. The Labute approximate surface area is 116 Å². The number of benzene rings is 2. The van der Waals surface area contributed by atoms with E-state index in [4.69, 9.17) is 0 Å². The quantitative estimate of drug-likeness (QED) is 0.715. The predicted octanol–water partition coefficient (Wildman–Crippen LogP) is 4.12. The normalized spacial score (nSPS) is 10.8. The van der Waals surface area contributed by atoms with Gasteiger partial charge in [0.15, 0.2) is 0 Å². The number of hydrogen-bond donors (Lipinski definition) is 0. The minimum Gasteiger partial charge on any atom is -0.295 e. The first-order valence-electron chi connectivity index (χ1n) is 6.79. The van der Waals surface area contributed by atoms with Crippen molar-refractivity contribution in [1.82, 2.24) is 4.90 Å². The molecule has 0 aliphatic heterocycles. The van der Waals surface area contributed by atoms with E-state index in [1.807, 2.05) is 6.42 Å². The van der Waals surface area contributed by atoms with Crippen LogP contribution in [0.25, 0.3) is 0 Å². The Morgan fingerprint density at radius 3 is 1.68 bits per heavy atom. The monoisotopic (exact) mass is 251 g/mol. The topological polar surface area (TPSA) is 3.24 Å². The second-order valence-electron chi connectivity index (χ2n) is 4.76. The second kappa shape index (κ2) is 7.75. The van der Waals surface area contributed by atoms with Gasteiger partial charge in [-0.25, -0.2) is 0 Å². The van der Waals surface area contributed by atoms with Crippen LogP contribution in [-0.2, 0) is 13.1 Å². The highest BCUT2D eigenvalue weighted by molar-refractivity contribution is 5.17. The van der Waals surface area contributed by atoms with Crippen LogP contribution in [0.3, 0.4) is 0 Å². The Balaban J connectivity index is 1.99. The van der Waals surface area contributed by atoms with Crippen molar-refractivity contribution in [1.29, 1.82) is 0 Å². The summed E-state index contributed by atoms with van der Waals surface area (Å²) in [5.41, 5.74) is 2.73. The van der Waals surface area contributed by atoms with Gasteiger partial charge in [0.25, 0.3) is 0 Å². The first kappa shape index (κ1) is 13.8. The lowest BCUT2D eigenvalue weighted by atomic mass is 10.1. The van der Waals surface area contributed by atoms with Crippen molar-refractivity contribution in [2.24, 2.45) is 0 Å². The Kier molecular flexibility index (Phi) is 5.64. The van der Waals surface area contributed by atoms with Crippen LogP contribution in [0.5, 0.6) is 0 Å². The summed E-state index contributed by atoms with van der Waals surface area (Å²) in [5.74, 6) is 0. The van der Waals surface area contributed by atoms with Gasteiger partial charge in [0, 0.05) is 13.1 Å². The fourth-order valence-electron chi connectivity index (χ4n) is 2.17. The summed E-state index contributed by atoms with van der Waals surface area (Å²) in [6.07, 6.45) is 3.02. The molecule has 0 aliphatic carbocycles. The van der Waals surface area contributed by atoms with Crippen LogP contribution in [0.4, 0.5) is 0 Å². The average molecular weight is 251 g/mol. The van der Waals surface area contributed by atoms with E-state index in [9.17, 15) is 0 Å². The third kappa shape index (κ3) is 4.88. The summed E-state index contributed by atoms with van der Waals surface area (Å²) in [6, 6.07) is 21.3. The number of rotatable bonds is 7. The van der Waals surface area contributed by atoms with Crippen molar-refractivity contribution in [3.05, 3.63) is 85.1 Å². The van der Waals surface area contributed by atoms with Crippen LogP contribution < -0.4 is 0 Å². The van der Waals surface area contributed by atoms with Gasteiger partial charge in [-0.3, -0.25) is 4.90 Å². The molecule has 2 rings (SSSR count). The highest BCUT2D eigenvalue weighted by atomic mass is 15.1. The lowest BCUT2D eigenvalue weighted by Gasteiger charge is -2.22. The van der Waals surface area contributed by atoms with Crippen LogP contribution in [0, 0.1) is 13.3 Å². The number of unbranched alkanes of at least 4 members (excludes halogenated alkanes) is 1. The Bertz CT molecular complexity index is 408. The molecule has 0 saturated carbocycles. The maximum atomic E-state index is 3.82. The molecule has 0 amide bonds. The molecule has 0 unspecified atom stereocenters. The van der Waals surface area contributed by atoms with Gasteiger partial charge in [0.05, 0.1) is 0 Å². The van der Waals surface area contributed by atoms with Gasteiger partial charge in [-0.05, 0) is 37.4 Å². The lowest BCUT2D eigenvalue weighted by Crippen LogP contribution is -2.24. The van der Waals surface area contributed by atoms with E-state index in [-0.39, 0.29) is 0 Å². The Hall–Kier alpha value is -1.60. The van der Waals surface area contributed by atoms with Crippen molar-refractivity contribution in [2.75, 3.05) is 6.54 Å². The van der Waals surface area contributed by atoms with E-state index < -0.39 is 0 Å². The van der Waals surface area contributed by atoms with Crippen LogP contribution in [-0.4, -0.2) is 11.4 Å². The van der Waals surface area contributed by atoms with Crippen LogP contribution in [0.2, 0.25) is 0 Å². The zero-order chi connectivity index (χ0) is 13.3. The second-order valence-corrected chi connectivity index (χ2v) is 4.76. The summed E-state index contributed by atoms with van der Waals surface area (Å²) in [6.45, 7) is 6.85. The first-order valence-corrected chi connectivity index (χ1v) is 6.79. The molecule has 1 heteroatoms. The van der Waals surface area contributed by atoms with E-state index in [0.717, 1.165) is 26.1 Å². The van der Waals surface area contributed by atoms with E-state index in [0.29, 0.717) is 0 Å². The SMILES string of the molecule is [CH2][CH]CCN(Cc1ccccc1)Cc1ccccc1. The Morgan fingerprint density at radius 2 is 1.26 bits per heavy atom. The minimum absolute atomic E-state index is 0.990. The van der Waals surface area contributed by atoms with Crippen LogP contribution in [0.15, 0.2) is 60.7 Å². The van der Waals surface area contributed by atoms with Gasteiger partial charge in [-0.2, -0.15) is 0 Å². The molecule has 19 heavy (non-hydrogen) atoms. The molecule has 0 spiro atoms. The first-order chi connectivity index (χ1) is 9.38. The highest BCUT2D eigenvalue weighted by Gasteiger charge is 2.06. The number of nitrogens with zero attached hydrogens (tertiary/aromatic N) is 1. The third-order valence-electron chi connectivity index (χ3n) is 3.15. The fourth-order valence-corrected chi connectivity index (χ4v) is 2.17. The third-order valence-corrected chi connectivity index (χ3v) is 3.15. The predicted molar refractivity (Wildman–Crippen MR) is 81.3 cm³/mol. The summed E-state index contributed by atoms with van der Waals surface area (Å²) in [5, 5.41) is 0. The lowest BCUT2D eigenvalue weighted by molar-refractivity contribution is 0.260. The molecular weight excluding hydrogens is 230 g/mol. The molecule has 2 aromatic carbocycles. The van der Waals surface area contributed by atoms with Gasteiger partial charge in [0.2, 0.25) is 0 Å². The van der Waals surface area contributed by atoms with Crippen molar-refractivity contribution >= 4 is 0 Å². The van der Waals surface area contributed by atoms with Gasteiger partial charge in [0.1, 0.15) is 0 Å². The summed E-state index contributed by atoms with van der Waals surface area (Å²) < 4.78 is 0. The summed E-state index contributed by atoms with van der Waals surface area (Å²) in [7, 11) is 0. The zero-order valence-corrected chi connectivity index (χ0v) is 11.3. The fraction of sp³-hybridized carbons (Fsp3) is 0.222. The molecule has 0 atom stereocenters. The molecule has 0 fully saturated rings. The molecule has 0 aromatic heterocycles. The Morgan fingerprint density at radius 1 is 0.789 bits per heavy atom. The molecule has 0 saturated heterocycles. The molecule has 0 heterocycles. The largest absolute Gasteiger partial charge is 0.295 e. The zero-order valence-electron chi connectivity index (χ0n) is 11.3. The standard InChI is InChI=1S/C18H21N/c1-2-3-14-19(15-17-10-6-4-7-11-17)16-18-12-8-5-9-13-18/h2,4-13H,1,3,14-16H2. The van der Waals surface area contributed by atoms with Gasteiger partial charge >= 0.3 is 0 Å². The average Bonchev–Trinajstić information content (AvgIpc) is 2.47. The van der Waals surface area contributed by atoms with Crippen molar-refractivity contribution < 1.29 is 0 Å². The molecule has 98 valence electrons. The highest BCUT2D eigenvalue weighted by Crippen LogP contribution is 2.10. The summed E-state index contributed by atoms with van der Waals surface area (Å²) in [4.78, 5) is 2.46. The van der Waals surface area contributed by atoms with Gasteiger partial charge in [-0.15, -0.1) is 0 Å². The van der Waals surface area contributed by atoms with E-state index in [1.165, 1.54) is 11.1 Å². The van der Waals surface area contributed by atoms with Gasteiger partial charge in [-0.1, -0.05) is 60.7 Å². The van der Waals surface area contributed by atoms with E-state index in [2.05, 4.69) is 72.5 Å². The van der Waals surface area contributed by atoms with Crippen LogP contribution >= 0.6 is 0 Å². The molecule has 2 aromatic rings. The molecule has 2 radical (unpaired) electrons. The molecule has 0 N–H and O–H groups in total. The van der Waals surface area contributed by atoms with E-state index in [1.54, 1.807) is 0 Å². The van der Waals surface area contributed by atoms with Crippen molar-refractivity contribution in [3.63, 3.8) is 0 Å². The molecule has 1 nitrogen and oxygen atoms in total. The van der Waals surface area contributed by atoms with Crippen molar-refractivity contribution in [2.45, 2.75) is 19.5 Å². The molecule has 0 aliphatic rings. The van der Waals surface area contributed by atoms with E-state index >= 15 is 0 Å². The van der Waals surface area contributed by atoms with Crippen LogP contribution in [0.1, 0.15) is 17.5 Å². The minimum atomic E-state index is 0.990. The molecule has 0 bridgehead atoms. The maximum absolute atomic E-state index is 3.82. The number of hydrogen-bond acceptors (Lipinski definition) is 1. The van der Waals surface area contributed by atoms with Gasteiger partial charge < -0.3 is 0 Å².